The van der Waals surface area contributed by atoms with Crippen LogP contribution in [0.25, 0.3) is 11.0 Å². The van der Waals surface area contributed by atoms with Crippen molar-refractivity contribution in [1.82, 2.24) is 19.9 Å². The van der Waals surface area contributed by atoms with Gasteiger partial charge in [-0.05, 0) is 30.7 Å². The Morgan fingerprint density at radius 1 is 1.14 bits per heavy atom. The molecule has 2 atom stereocenters. The molecule has 0 unspecified atom stereocenters. The number of rotatable bonds is 4. The summed E-state index contributed by atoms with van der Waals surface area (Å²) in [5, 5.41) is 18.5. The minimum absolute atomic E-state index is 0.0788. The summed E-state index contributed by atoms with van der Waals surface area (Å²) in [4.78, 5) is 14.4. The molecule has 1 amide bonds. The number of para-hydroxylation sites is 2. The fourth-order valence-corrected chi connectivity index (χ4v) is 3.41. The van der Waals surface area contributed by atoms with Crippen LogP contribution in [0.1, 0.15) is 12.8 Å². The third-order valence-corrected chi connectivity index (χ3v) is 4.98. The van der Waals surface area contributed by atoms with Crippen LogP contribution in [0.3, 0.4) is 0 Å². The largest absolute Gasteiger partial charge is 0.485 e. The van der Waals surface area contributed by atoms with Gasteiger partial charge in [-0.2, -0.15) is 0 Å². The van der Waals surface area contributed by atoms with Gasteiger partial charge in [0.15, 0.2) is 11.6 Å². The highest BCUT2D eigenvalue weighted by Crippen LogP contribution is 2.22. The molecule has 1 fully saturated rings. The third kappa shape index (κ3) is 3.82. The summed E-state index contributed by atoms with van der Waals surface area (Å²) < 4.78 is 21.1. The molecule has 0 radical (unpaired) electrons. The Labute approximate surface area is 161 Å². The summed E-state index contributed by atoms with van der Waals surface area (Å²) in [7, 11) is 0. The van der Waals surface area contributed by atoms with Gasteiger partial charge in [-0.25, -0.2) is 9.07 Å². The number of halogens is 1. The number of aliphatic hydroxyl groups excluding tert-OH is 1. The van der Waals surface area contributed by atoms with E-state index in [9.17, 15) is 14.3 Å². The maximum atomic E-state index is 13.8. The monoisotopic (exact) mass is 384 g/mol. The first-order valence-corrected chi connectivity index (χ1v) is 9.27. The van der Waals surface area contributed by atoms with Crippen LogP contribution in [-0.2, 0) is 11.3 Å². The number of carbonyl (C=O) groups is 1. The summed E-state index contributed by atoms with van der Waals surface area (Å²) in [5.41, 5.74) is 1.53. The van der Waals surface area contributed by atoms with Gasteiger partial charge in [-0.1, -0.05) is 29.5 Å². The number of hydrogen-bond donors (Lipinski definition) is 1. The van der Waals surface area contributed by atoms with Gasteiger partial charge in [0.25, 0.3) is 0 Å². The van der Waals surface area contributed by atoms with E-state index in [-0.39, 0.29) is 18.2 Å². The summed E-state index contributed by atoms with van der Waals surface area (Å²) in [6, 6.07) is 13.6. The summed E-state index contributed by atoms with van der Waals surface area (Å²) >= 11 is 0. The lowest BCUT2D eigenvalue weighted by atomic mass is 10.1. The van der Waals surface area contributed by atoms with Crippen LogP contribution in [0.5, 0.6) is 5.75 Å². The highest BCUT2D eigenvalue weighted by Gasteiger charge is 2.29. The van der Waals surface area contributed by atoms with E-state index in [1.807, 2.05) is 24.3 Å². The number of aromatic nitrogens is 3. The number of likely N-dealkylation sites (tertiary alicyclic amines) is 1. The number of amides is 1. The quantitative estimate of drug-likeness (QED) is 0.744. The van der Waals surface area contributed by atoms with Crippen molar-refractivity contribution >= 4 is 16.9 Å². The van der Waals surface area contributed by atoms with Crippen molar-refractivity contribution in [2.24, 2.45) is 0 Å². The van der Waals surface area contributed by atoms with Crippen LogP contribution in [-0.4, -0.2) is 56.2 Å². The van der Waals surface area contributed by atoms with E-state index < -0.39 is 18.0 Å². The minimum Gasteiger partial charge on any atom is -0.485 e. The number of carbonyl (C=O) groups excluding carboxylic acids is 1. The van der Waals surface area contributed by atoms with Gasteiger partial charge < -0.3 is 14.7 Å². The first kappa shape index (κ1) is 18.4. The van der Waals surface area contributed by atoms with E-state index in [1.54, 1.807) is 21.7 Å². The van der Waals surface area contributed by atoms with Crippen molar-refractivity contribution < 1.29 is 19.0 Å². The molecule has 7 nitrogen and oxygen atoms in total. The predicted octanol–water partition coefficient (Wildman–Crippen LogP) is 2.00. The topological polar surface area (TPSA) is 80.5 Å². The average molecular weight is 384 g/mol. The standard InChI is InChI=1S/C20H21FN4O3/c21-14-5-1-4-8-18(14)28-19-10-12-24(11-9-17(19)26)20(27)13-25-16-7-3-2-6-15(16)22-23-25/h1-8,17,19,26H,9-13H2/t17-,19-/m0/s1. The molecule has 1 aliphatic heterocycles. The van der Waals surface area contributed by atoms with E-state index in [0.29, 0.717) is 25.9 Å². The zero-order valence-electron chi connectivity index (χ0n) is 15.2. The molecular weight excluding hydrogens is 363 g/mol. The van der Waals surface area contributed by atoms with Crippen molar-refractivity contribution in [3.05, 3.63) is 54.3 Å². The maximum absolute atomic E-state index is 13.8. The Kier molecular flexibility index (Phi) is 5.21. The highest BCUT2D eigenvalue weighted by atomic mass is 19.1. The fraction of sp³-hybridized carbons (Fsp3) is 0.350. The van der Waals surface area contributed by atoms with E-state index in [4.69, 9.17) is 4.74 Å². The Hall–Kier alpha value is -3.00. The van der Waals surface area contributed by atoms with Gasteiger partial charge in [-0.3, -0.25) is 4.79 Å². The zero-order chi connectivity index (χ0) is 19.5. The lowest BCUT2D eigenvalue weighted by molar-refractivity contribution is -0.132. The molecule has 0 bridgehead atoms. The second kappa shape index (κ2) is 7.93. The van der Waals surface area contributed by atoms with E-state index >= 15 is 0 Å². The second-order valence-electron chi connectivity index (χ2n) is 6.85. The summed E-state index contributed by atoms with van der Waals surface area (Å²) in [5.74, 6) is -0.459. The molecule has 146 valence electrons. The molecule has 1 aromatic heterocycles. The maximum Gasteiger partial charge on any atom is 0.244 e. The number of benzene rings is 2. The minimum atomic E-state index is -0.774. The molecule has 2 heterocycles. The van der Waals surface area contributed by atoms with Crippen molar-refractivity contribution in [1.29, 1.82) is 0 Å². The Morgan fingerprint density at radius 2 is 1.89 bits per heavy atom. The Morgan fingerprint density at radius 3 is 2.75 bits per heavy atom. The molecule has 3 aromatic rings. The zero-order valence-corrected chi connectivity index (χ0v) is 15.2. The fourth-order valence-electron chi connectivity index (χ4n) is 3.41. The highest BCUT2D eigenvalue weighted by molar-refractivity contribution is 5.79. The molecule has 1 saturated heterocycles. The number of fused-ring (bicyclic) bond motifs is 1. The number of nitrogens with zero attached hydrogens (tertiary/aromatic N) is 4. The predicted molar refractivity (Wildman–Crippen MR) is 100 cm³/mol. The number of aliphatic hydroxyl groups is 1. The molecule has 8 heteroatoms. The Balaban J connectivity index is 1.41. The van der Waals surface area contributed by atoms with Crippen molar-refractivity contribution in [3.8, 4) is 5.75 Å². The van der Waals surface area contributed by atoms with Crippen LogP contribution in [0.2, 0.25) is 0 Å². The smallest absolute Gasteiger partial charge is 0.244 e. The number of ether oxygens (including phenoxy) is 1. The van der Waals surface area contributed by atoms with Crippen molar-refractivity contribution in [2.45, 2.75) is 31.6 Å². The first-order valence-electron chi connectivity index (χ1n) is 9.27. The van der Waals surface area contributed by atoms with Gasteiger partial charge in [0.1, 0.15) is 18.2 Å². The molecule has 1 N–H and O–H groups in total. The van der Waals surface area contributed by atoms with Crippen LogP contribution >= 0.6 is 0 Å². The molecule has 2 aromatic carbocycles. The molecule has 28 heavy (non-hydrogen) atoms. The van der Waals surface area contributed by atoms with Crippen molar-refractivity contribution in [3.63, 3.8) is 0 Å². The Bertz CT molecular complexity index is 977. The van der Waals surface area contributed by atoms with Crippen molar-refractivity contribution in [2.75, 3.05) is 13.1 Å². The lowest BCUT2D eigenvalue weighted by Crippen LogP contribution is -2.35. The molecule has 1 aliphatic rings. The first-order chi connectivity index (χ1) is 13.6. The van der Waals surface area contributed by atoms with Crippen LogP contribution < -0.4 is 4.74 Å². The SMILES string of the molecule is O=C(Cn1nnc2ccccc21)N1CC[C@H](Oc2ccccc2F)[C@@H](O)CC1. The van der Waals surface area contributed by atoms with Crippen LogP contribution in [0.4, 0.5) is 4.39 Å². The third-order valence-electron chi connectivity index (χ3n) is 4.98. The van der Waals surface area contributed by atoms with Crippen LogP contribution in [0.15, 0.2) is 48.5 Å². The van der Waals surface area contributed by atoms with E-state index in [0.717, 1.165) is 11.0 Å². The van der Waals surface area contributed by atoms with E-state index in [1.165, 1.54) is 12.1 Å². The molecule has 0 aliphatic carbocycles. The van der Waals surface area contributed by atoms with E-state index in [2.05, 4.69) is 10.3 Å². The van der Waals surface area contributed by atoms with Gasteiger partial charge >= 0.3 is 0 Å². The van der Waals surface area contributed by atoms with Gasteiger partial charge in [-0.15, -0.1) is 5.10 Å². The summed E-state index contributed by atoms with van der Waals surface area (Å²) in [6.07, 6.45) is -0.561. The molecule has 0 saturated carbocycles. The van der Waals surface area contributed by atoms with Crippen LogP contribution in [0, 0.1) is 5.82 Å². The number of hydrogen-bond acceptors (Lipinski definition) is 5. The second-order valence-corrected chi connectivity index (χ2v) is 6.85. The van der Waals surface area contributed by atoms with Gasteiger partial charge in [0.2, 0.25) is 5.91 Å². The normalized spacial score (nSPS) is 20.1. The summed E-state index contributed by atoms with van der Waals surface area (Å²) in [6.45, 7) is 0.904. The molecular formula is C20H21FN4O3. The lowest BCUT2D eigenvalue weighted by Gasteiger charge is -2.22. The molecule has 4 rings (SSSR count). The average Bonchev–Trinajstić information content (AvgIpc) is 3.01. The van der Waals surface area contributed by atoms with Gasteiger partial charge in [0.05, 0.1) is 11.6 Å². The molecule has 0 spiro atoms. The van der Waals surface area contributed by atoms with Gasteiger partial charge in [0, 0.05) is 19.5 Å².